The SMILES string of the molecule is COCNCc1cc(Cl)c(OC)cc1C. The van der Waals surface area contributed by atoms with E-state index in [0.717, 1.165) is 17.7 Å². The molecule has 0 atom stereocenters. The smallest absolute Gasteiger partial charge is 0.137 e. The van der Waals surface area contributed by atoms with E-state index in [9.17, 15) is 0 Å². The molecule has 0 aliphatic carbocycles. The Morgan fingerprint density at radius 2 is 2.07 bits per heavy atom. The third-order valence-corrected chi connectivity index (χ3v) is 2.47. The molecule has 0 saturated heterocycles. The first kappa shape index (κ1) is 12.3. The van der Waals surface area contributed by atoms with E-state index >= 15 is 0 Å². The highest BCUT2D eigenvalue weighted by atomic mass is 35.5. The molecule has 0 fully saturated rings. The Kier molecular flexibility index (Phi) is 4.88. The van der Waals surface area contributed by atoms with Crippen molar-refractivity contribution in [1.82, 2.24) is 5.32 Å². The lowest BCUT2D eigenvalue weighted by atomic mass is 10.1. The number of methoxy groups -OCH3 is 2. The van der Waals surface area contributed by atoms with Crippen LogP contribution in [0.5, 0.6) is 5.75 Å². The molecule has 1 aromatic rings. The van der Waals surface area contributed by atoms with Crippen LogP contribution < -0.4 is 10.1 Å². The van der Waals surface area contributed by atoms with Crippen molar-refractivity contribution in [3.8, 4) is 5.75 Å². The summed E-state index contributed by atoms with van der Waals surface area (Å²) in [5, 5.41) is 3.77. The van der Waals surface area contributed by atoms with E-state index in [0.29, 0.717) is 17.5 Å². The van der Waals surface area contributed by atoms with Crippen molar-refractivity contribution < 1.29 is 9.47 Å². The topological polar surface area (TPSA) is 30.5 Å². The fourth-order valence-electron chi connectivity index (χ4n) is 1.33. The molecule has 0 unspecified atom stereocenters. The van der Waals surface area contributed by atoms with Gasteiger partial charge in [-0.25, -0.2) is 0 Å². The van der Waals surface area contributed by atoms with Crippen LogP contribution in [0.25, 0.3) is 0 Å². The molecule has 15 heavy (non-hydrogen) atoms. The van der Waals surface area contributed by atoms with E-state index in [4.69, 9.17) is 21.1 Å². The van der Waals surface area contributed by atoms with Crippen molar-refractivity contribution in [2.24, 2.45) is 0 Å². The van der Waals surface area contributed by atoms with Crippen LogP contribution in [0.15, 0.2) is 12.1 Å². The van der Waals surface area contributed by atoms with E-state index in [2.05, 4.69) is 5.32 Å². The second-order valence-corrected chi connectivity index (χ2v) is 3.68. The van der Waals surface area contributed by atoms with E-state index in [-0.39, 0.29) is 0 Å². The molecule has 0 radical (unpaired) electrons. The van der Waals surface area contributed by atoms with Gasteiger partial charge in [-0.3, -0.25) is 5.32 Å². The van der Waals surface area contributed by atoms with Gasteiger partial charge in [0, 0.05) is 13.7 Å². The predicted molar refractivity (Wildman–Crippen MR) is 61.5 cm³/mol. The van der Waals surface area contributed by atoms with Crippen LogP contribution in [0.3, 0.4) is 0 Å². The predicted octanol–water partition coefficient (Wildman–Crippen LogP) is 2.35. The van der Waals surface area contributed by atoms with Crippen LogP contribution in [0.1, 0.15) is 11.1 Å². The molecule has 1 aromatic carbocycles. The summed E-state index contributed by atoms with van der Waals surface area (Å²) in [6.07, 6.45) is 0. The maximum atomic E-state index is 6.03. The molecule has 0 bridgehead atoms. The van der Waals surface area contributed by atoms with Gasteiger partial charge in [-0.1, -0.05) is 11.6 Å². The van der Waals surface area contributed by atoms with Gasteiger partial charge in [0.2, 0.25) is 0 Å². The van der Waals surface area contributed by atoms with Gasteiger partial charge in [0.15, 0.2) is 0 Å². The summed E-state index contributed by atoms with van der Waals surface area (Å²) in [6, 6.07) is 3.85. The normalized spacial score (nSPS) is 10.4. The summed E-state index contributed by atoms with van der Waals surface area (Å²) in [7, 11) is 3.27. The largest absolute Gasteiger partial charge is 0.495 e. The number of hydrogen-bond donors (Lipinski definition) is 1. The molecular weight excluding hydrogens is 214 g/mol. The maximum Gasteiger partial charge on any atom is 0.137 e. The third-order valence-electron chi connectivity index (χ3n) is 2.17. The Morgan fingerprint density at radius 3 is 2.67 bits per heavy atom. The highest BCUT2D eigenvalue weighted by molar-refractivity contribution is 6.32. The molecule has 0 aliphatic rings. The Bertz CT molecular complexity index is 329. The second kappa shape index (κ2) is 5.95. The van der Waals surface area contributed by atoms with Gasteiger partial charge in [-0.05, 0) is 30.2 Å². The molecule has 0 heterocycles. The standard InChI is InChI=1S/C11H16ClNO2/c1-8-4-11(15-3)10(12)5-9(8)6-13-7-14-2/h4-5,13H,6-7H2,1-3H3. The Balaban J connectivity index is 2.76. The second-order valence-electron chi connectivity index (χ2n) is 3.27. The van der Waals surface area contributed by atoms with Gasteiger partial charge in [-0.2, -0.15) is 0 Å². The average Bonchev–Trinajstić information content (AvgIpc) is 2.23. The number of hydrogen-bond acceptors (Lipinski definition) is 3. The minimum absolute atomic E-state index is 0.531. The zero-order valence-corrected chi connectivity index (χ0v) is 10.0. The quantitative estimate of drug-likeness (QED) is 0.621. The monoisotopic (exact) mass is 229 g/mol. The third kappa shape index (κ3) is 3.38. The van der Waals surface area contributed by atoms with Crippen LogP contribution in [0.4, 0.5) is 0 Å². The van der Waals surface area contributed by atoms with Crippen LogP contribution in [-0.2, 0) is 11.3 Å². The van der Waals surface area contributed by atoms with Crippen molar-refractivity contribution in [2.75, 3.05) is 21.0 Å². The van der Waals surface area contributed by atoms with Crippen LogP contribution in [-0.4, -0.2) is 21.0 Å². The number of ether oxygens (including phenoxy) is 2. The molecule has 0 aliphatic heterocycles. The van der Waals surface area contributed by atoms with E-state index in [1.807, 2.05) is 19.1 Å². The van der Waals surface area contributed by atoms with Crippen molar-refractivity contribution >= 4 is 11.6 Å². The zero-order valence-electron chi connectivity index (χ0n) is 9.26. The molecule has 3 nitrogen and oxygen atoms in total. The van der Waals surface area contributed by atoms with E-state index in [1.54, 1.807) is 14.2 Å². The fourth-order valence-corrected chi connectivity index (χ4v) is 1.59. The van der Waals surface area contributed by atoms with E-state index < -0.39 is 0 Å². The Hall–Kier alpha value is -0.770. The number of aryl methyl sites for hydroxylation is 1. The summed E-state index contributed by atoms with van der Waals surface area (Å²) in [5.41, 5.74) is 2.30. The Labute approximate surface area is 95.3 Å². The maximum absolute atomic E-state index is 6.03. The van der Waals surface area contributed by atoms with Gasteiger partial charge in [0.25, 0.3) is 0 Å². The summed E-state index contributed by atoms with van der Waals surface area (Å²) in [6.45, 7) is 3.30. The molecule has 0 aromatic heterocycles. The number of nitrogens with one attached hydrogen (secondary N) is 1. The molecule has 4 heteroatoms. The molecule has 0 spiro atoms. The van der Waals surface area contributed by atoms with Crippen molar-refractivity contribution in [2.45, 2.75) is 13.5 Å². The number of rotatable bonds is 5. The van der Waals surface area contributed by atoms with Crippen LogP contribution in [0, 0.1) is 6.92 Å². The highest BCUT2D eigenvalue weighted by Gasteiger charge is 2.05. The lowest BCUT2D eigenvalue weighted by Gasteiger charge is -2.10. The van der Waals surface area contributed by atoms with Crippen LogP contribution >= 0.6 is 11.6 Å². The van der Waals surface area contributed by atoms with Gasteiger partial charge < -0.3 is 9.47 Å². The summed E-state index contributed by atoms with van der Waals surface area (Å²) < 4.78 is 10.0. The first-order chi connectivity index (χ1) is 7.19. The van der Waals surface area contributed by atoms with Gasteiger partial charge in [-0.15, -0.1) is 0 Å². The molecular formula is C11H16ClNO2. The zero-order chi connectivity index (χ0) is 11.3. The fraction of sp³-hybridized carbons (Fsp3) is 0.455. The minimum atomic E-state index is 0.531. The van der Waals surface area contributed by atoms with Crippen LogP contribution in [0.2, 0.25) is 5.02 Å². The van der Waals surface area contributed by atoms with Crippen molar-refractivity contribution in [3.63, 3.8) is 0 Å². The lowest BCUT2D eigenvalue weighted by molar-refractivity contribution is 0.174. The highest BCUT2D eigenvalue weighted by Crippen LogP contribution is 2.27. The van der Waals surface area contributed by atoms with Gasteiger partial charge in [0.05, 0.1) is 18.9 Å². The molecule has 1 rings (SSSR count). The number of benzene rings is 1. The van der Waals surface area contributed by atoms with Gasteiger partial charge >= 0.3 is 0 Å². The Morgan fingerprint density at radius 1 is 1.33 bits per heavy atom. The summed E-state index contributed by atoms with van der Waals surface area (Å²) in [5.74, 6) is 0.713. The van der Waals surface area contributed by atoms with Crippen molar-refractivity contribution in [3.05, 3.63) is 28.3 Å². The first-order valence-electron chi connectivity index (χ1n) is 4.71. The summed E-state index contributed by atoms with van der Waals surface area (Å²) in [4.78, 5) is 0. The average molecular weight is 230 g/mol. The lowest BCUT2D eigenvalue weighted by Crippen LogP contribution is -2.16. The first-order valence-corrected chi connectivity index (χ1v) is 5.09. The minimum Gasteiger partial charge on any atom is -0.495 e. The van der Waals surface area contributed by atoms with E-state index in [1.165, 1.54) is 0 Å². The number of halogens is 1. The molecule has 0 amide bonds. The molecule has 1 N–H and O–H groups in total. The molecule has 84 valence electrons. The molecule has 0 saturated carbocycles. The van der Waals surface area contributed by atoms with Crippen molar-refractivity contribution in [1.29, 1.82) is 0 Å². The van der Waals surface area contributed by atoms with Gasteiger partial charge in [0.1, 0.15) is 5.75 Å². The summed E-state index contributed by atoms with van der Waals surface area (Å²) >= 11 is 6.03.